The summed E-state index contributed by atoms with van der Waals surface area (Å²) in [7, 11) is 3.08. The van der Waals surface area contributed by atoms with E-state index in [4.69, 9.17) is 14.2 Å². The lowest BCUT2D eigenvalue weighted by Gasteiger charge is -2.38. The van der Waals surface area contributed by atoms with Crippen LogP contribution in [0, 0.1) is 0 Å². The van der Waals surface area contributed by atoms with Crippen LogP contribution in [-0.4, -0.2) is 25.7 Å². The fraction of sp³-hybridized carbons (Fsp3) is 0.350. The minimum atomic E-state index is -0.364. The molecular weight excluding hydrogens is 318 g/mol. The van der Waals surface area contributed by atoms with Crippen LogP contribution in [0.5, 0.6) is 17.2 Å². The molecule has 0 radical (unpaired) electrons. The van der Waals surface area contributed by atoms with Crippen molar-refractivity contribution in [3.63, 3.8) is 0 Å². The van der Waals surface area contributed by atoms with Crippen molar-refractivity contribution in [3.05, 3.63) is 53.6 Å². The predicted octanol–water partition coefficient (Wildman–Crippen LogP) is 3.74. The summed E-state index contributed by atoms with van der Waals surface area (Å²) in [6, 6.07) is 12.9. The van der Waals surface area contributed by atoms with Crippen LogP contribution < -0.4 is 19.5 Å². The van der Waals surface area contributed by atoms with Gasteiger partial charge < -0.3 is 19.5 Å². The highest BCUT2D eigenvalue weighted by molar-refractivity contribution is 6.00. The summed E-state index contributed by atoms with van der Waals surface area (Å²) in [6.45, 7) is 4.04. The summed E-state index contributed by atoms with van der Waals surface area (Å²) in [6.07, 6.45) is 0.674. The molecule has 132 valence electrons. The molecule has 0 spiro atoms. The lowest BCUT2D eigenvalue weighted by Crippen LogP contribution is -2.41. The Labute approximate surface area is 147 Å². The monoisotopic (exact) mass is 341 g/mol. The third-order valence-corrected chi connectivity index (χ3v) is 4.34. The van der Waals surface area contributed by atoms with Crippen LogP contribution in [0.4, 0.5) is 0 Å². The highest BCUT2D eigenvalue weighted by Crippen LogP contribution is 2.40. The molecule has 25 heavy (non-hydrogen) atoms. The van der Waals surface area contributed by atoms with E-state index in [9.17, 15) is 4.79 Å². The van der Waals surface area contributed by atoms with Crippen LogP contribution in [0.15, 0.2) is 42.5 Å². The molecule has 0 bridgehead atoms. The van der Waals surface area contributed by atoms with Crippen molar-refractivity contribution in [1.29, 1.82) is 0 Å². The molecule has 1 atom stereocenters. The fourth-order valence-electron chi connectivity index (χ4n) is 3.24. The van der Waals surface area contributed by atoms with E-state index in [1.807, 2.05) is 38.1 Å². The van der Waals surface area contributed by atoms with Gasteiger partial charge in [0.2, 0.25) is 0 Å². The van der Waals surface area contributed by atoms with E-state index < -0.39 is 0 Å². The molecule has 1 N–H and O–H groups in total. The number of amides is 1. The molecule has 0 aromatic heterocycles. The van der Waals surface area contributed by atoms with Crippen molar-refractivity contribution in [2.24, 2.45) is 0 Å². The summed E-state index contributed by atoms with van der Waals surface area (Å²) in [5, 5.41) is 3.12. The second-order valence-corrected chi connectivity index (χ2v) is 6.67. The molecule has 0 saturated carbocycles. The van der Waals surface area contributed by atoms with Crippen LogP contribution in [-0.2, 0) is 0 Å². The standard InChI is InChI=1S/C20H23NO4/c1-20(2)12-14(13-8-5-6-9-15(13)25-20)21-19(22)18-16(23-3)10-7-11-17(18)24-4/h5-11,14H,12H2,1-4H3,(H,21,22)/t14-/m0/s1. The molecule has 0 saturated heterocycles. The Morgan fingerprint density at radius 2 is 1.72 bits per heavy atom. The van der Waals surface area contributed by atoms with E-state index in [0.29, 0.717) is 23.5 Å². The van der Waals surface area contributed by atoms with Crippen molar-refractivity contribution in [2.45, 2.75) is 31.9 Å². The number of para-hydroxylation sites is 1. The highest BCUT2D eigenvalue weighted by atomic mass is 16.5. The van der Waals surface area contributed by atoms with Gasteiger partial charge in [0.1, 0.15) is 28.4 Å². The maximum atomic E-state index is 13.0. The van der Waals surface area contributed by atoms with Gasteiger partial charge in [-0.15, -0.1) is 0 Å². The second-order valence-electron chi connectivity index (χ2n) is 6.67. The van der Waals surface area contributed by atoms with Crippen LogP contribution in [0.2, 0.25) is 0 Å². The quantitative estimate of drug-likeness (QED) is 0.920. The third-order valence-electron chi connectivity index (χ3n) is 4.34. The number of methoxy groups -OCH3 is 2. The Bertz CT molecular complexity index is 763. The van der Waals surface area contributed by atoms with E-state index in [1.165, 1.54) is 0 Å². The molecule has 1 aliphatic heterocycles. The fourth-order valence-corrected chi connectivity index (χ4v) is 3.24. The van der Waals surface area contributed by atoms with Crippen molar-refractivity contribution in [2.75, 3.05) is 14.2 Å². The van der Waals surface area contributed by atoms with Gasteiger partial charge in [-0.05, 0) is 32.0 Å². The van der Waals surface area contributed by atoms with Gasteiger partial charge in [-0.25, -0.2) is 0 Å². The molecule has 0 fully saturated rings. The molecule has 2 aromatic rings. The first-order valence-electron chi connectivity index (χ1n) is 8.25. The minimum Gasteiger partial charge on any atom is -0.496 e. The van der Waals surface area contributed by atoms with Crippen molar-refractivity contribution in [3.8, 4) is 17.2 Å². The minimum absolute atomic E-state index is 0.151. The molecule has 1 heterocycles. The van der Waals surface area contributed by atoms with Crippen LogP contribution in [0.1, 0.15) is 42.2 Å². The predicted molar refractivity (Wildman–Crippen MR) is 95.5 cm³/mol. The Morgan fingerprint density at radius 3 is 2.36 bits per heavy atom. The Morgan fingerprint density at radius 1 is 1.08 bits per heavy atom. The van der Waals surface area contributed by atoms with Gasteiger partial charge >= 0.3 is 0 Å². The number of ether oxygens (including phenoxy) is 3. The molecule has 2 aromatic carbocycles. The second kappa shape index (κ2) is 6.67. The maximum absolute atomic E-state index is 13.0. The molecule has 5 nitrogen and oxygen atoms in total. The van der Waals surface area contributed by atoms with Crippen molar-refractivity contribution < 1.29 is 19.0 Å². The first-order valence-corrected chi connectivity index (χ1v) is 8.25. The van der Waals surface area contributed by atoms with Crippen LogP contribution in [0.3, 0.4) is 0 Å². The largest absolute Gasteiger partial charge is 0.496 e. The number of nitrogens with one attached hydrogen (secondary N) is 1. The number of fused-ring (bicyclic) bond motifs is 1. The molecular formula is C20H23NO4. The van der Waals surface area contributed by atoms with E-state index in [1.54, 1.807) is 32.4 Å². The van der Waals surface area contributed by atoms with E-state index in [2.05, 4.69) is 5.32 Å². The Balaban J connectivity index is 1.94. The van der Waals surface area contributed by atoms with Crippen molar-refractivity contribution in [1.82, 2.24) is 5.32 Å². The zero-order valence-corrected chi connectivity index (χ0v) is 15.0. The van der Waals surface area contributed by atoms with Gasteiger partial charge in [-0.3, -0.25) is 4.79 Å². The van der Waals surface area contributed by atoms with Gasteiger partial charge in [0.25, 0.3) is 5.91 Å². The van der Waals surface area contributed by atoms with Gasteiger partial charge in [0, 0.05) is 12.0 Å². The van der Waals surface area contributed by atoms with E-state index in [0.717, 1.165) is 11.3 Å². The van der Waals surface area contributed by atoms with E-state index in [-0.39, 0.29) is 17.6 Å². The zero-order valence-electron chi connectivity index (χ0n) is 15.0. The number of benzene rings is 2. The lowest BCUT2D eigenvalue weighted by molar-refractivity contribution is 0.0618. The summed E-state index contributed by atoms with van der Waals surface area (Å²) in [4.78, 5) is 13.0. The zero-order chi connectivity index (χ0) is 18.0. The number of rotatable bonds is 4. The highest BCUT2D eigenvalue weighted by Gasteiger charge is 2.35. The SMILES string of the molecule is COc1cccc(OC)c1C(=O)N[C@H]1CC(C)(C)Oc2ccccc21. The maximum Gasteiger partial charge on any atom is 0.259 e. The molecule has 3 rings (SSSR count). The topological polar surface area (TPSA) is 56.8 Å². The molecule has 1 amide bonds. The number of carbonyl (C=O) groups is 1. The van der Waals surface area contributed by atoms with Gasteiger partial charge in [0.15, 0.2) is 0 Å². The summed E-state index contributed by atoms with van der Waals surface area (Å²) >= 11 is 0. The first kappa shape index (κ1) is 17.1. The van der Waals surface area contributed by atoms with Crippen molar-refractivity contribution >= 4 is 5.91 Å². The molecule has 1 aliphatic rings. The average molecular weight is 341 g/mol. The third kappa shape index (κ3) is 3.40. The van der Waals surface area contributed by atoms with E-state index >= 15 is 0 Å². The average Bonchev–Trinajstić information content (AvgIpc) is 2.59. The normalized spacial score (nSPS) is 17.8. The summed E-state index contributed by atoms with van der Waals surface area (Å²) in [5.74, 6) is 1.54. The number of carbonyl (C=O) groups excluding carboxylic acids is 1. The number of hydrogen-bond acceptors (Lipinski definition) is 4. The Kier molecular flexibility index (Phi) is 4.57. The summed E-state index contributed by atoms with van der Waals surface area (Å²) < 4.78 is 16.7. The van der Waals surface area contributed by atoms with Gasteiger partial charge in [0.05, 0.1) is 20.3 Å². The van der Waals surface area contributed by atoms with Crippen LogP contribution in [0.25, 0.3) is 0 Å². The number of hydrogen-bond donors (Lipinski definition) is 1. The molecule has 0 aliphatic carbocycles. The molecule has 5 heteroatoms. The lowest BCUT2D eigenvalue weighted by atomic mass is 9.89. The smallest absolute Gasteiger partial charge is 0.259 e. The molecule has 0 unspecified atom stereocenters. The van der Waals surface area contributed by atoms with Gasteiger partial charge in [-0.2, -0.15) is 0 Å². The Hall–Kier alpha value is -2.69. The first-order chi connectivity index (χ1) is 11.9. The summed E-state index contributed by atoms with van der Waals surface area (Å²) in [5.41, 5.74) is 1.01. The van der Waals surface area contributed by atoms with Crippen LogP contribution >= 0.6 is 0 Å². The van der Waals surface area contributed by atoms with Gasteiger partial charge in [-0.1, -0.05) is 24.3 Å².